The number of anilines is 1. The van der Waals surface area contributed by atoms with E-state index < -0.39 is 11.9 Å². The number of halogens is 2. The second-order valence-electron chi connectivity index (χ2n) is 5.41. The van der Waals surface area contributed by atoms with Crippen molar-refractivity contribution >= 4 is 61.9 Å². The van der Waals surface area contributed by atoms with Gasteiger partial charge in [-0.25, -0.2) is 10.3 Å². The molecule has 2 N–H and O–H groups in total. The SMILES string of the molecule is O=C(NNC1CC(=O)N(c2ccc(Br)cc2)C1=O)c1ccc(I)cc1. The summed E-state index contributed by atoms with van der Waals surface area (Å²) in [5.41, 5.74) is 6.13. The highest BCUT2D eigenvalue weighted by atomic mass is 127. The highest BCUT2D eigenvalue weighted by Crippen LogP contribution is 2.24. The van der Waals surface area contributed by atoms with Gasteiger partial charge < -0.3 is 0 Å². The molecule has 3 amide bonds. The highest BCUT2D eigenvalue weighted by Gasteiger charge is 2.39. The summed E-state index contributed by atoms with van der Waals surface area (Å²) in [6.45, 7) is 0. The molecule has 25 heavy (non-hydrogen) atoms. The van der Waals surface area contributed by atoms with Crippen LogP contribution in [0.1, 0.15) is 16.8 Å². The first-order valence-electron chi connectivity index (χ1n) is 7.39. The van der Waals surface area contributed by atoms with Crippen molar-refractivity contribution in [3.05, 3.63) is 62.1 Å². The van der Waals surface area contributed by atoms with E-state index in [1.165, 1.54) is 0 Å². The molecule has 0 bridgehead atoms. The number of rotatable bonds is 4. The summed E-state index contributed by atoms with van der Waals surface area (Å²) >= 11 is 5.46. The number of carbonyl (C=O) groups is 3. The van der Waals surface area contributed by atoms with Gasteiger partial charge in [-0.3, -0.25) is 19.8 Å². The molecule has 1 saturated heterocycles. The third-order valence-corrected chi connectivity index (χ3v) is 4.95. The molecule has 0 spiro atoms. The zero-order chi connectivity index (χ0) is 18.0. The summed E-state index contributed by atoms with van der Waals surface area (Å²) in [6, 6.07) is 13.1. The Morgan fingerprint density at radius 1 is 1.08 bits per heavy atom. The van der Waals surface area contributed by atoms with Crippen LogP contribution in [0.2, 0.25) is 0 Å². The first-order valence-corrected chi connectivity index (χ1v) is 9.26. The summed E-state index contributed by atoms with van der Waals surface area (Å²) in [6.07, 6.45) is -0.0120. The number of benzene rings is 2. The monoisotopic (exact) mass is 513 g/mol. The Morgan fingerprint density at radius 2 is 1.72 bits per heavy atom. The molecule has 2 aromatic rings. The highest BCUT2D eigenvalue weighted by molar-refractivity contribution is 14.1. The number of hydrogen-bond acceptors (Lipinski definition) is 4. The van der Waals surface area contributed by atoms with Crippen LogP contribution in [0.3, 0.4) is 0 Å². The molecule has 1 aliphatic heterocycles. The molecule has 1 atom stereocenters. The van der Waals surface area contributed by atoms with Crippen LogP contribution >= 0.6 is 38.5 Å². The van der Waals surface area contributed by atoms with Gasteiger partial charge in [-0.2, -0.15) is 0 Å². The minimum Gasteiger partial charge on any atom is -0.287 e. The van der Waals surface area contributed by atoms with E-state index in [2.05, 4.69) is 49.4 Å². The predicted octanol–water partition coefficient (Wildman–Crippen LogP) is 2.62. The van der Waals surface area contributed by atoms with E-state index in [4.69, 9.17) is 0 Å². The van der Waals surface area contributed by atoms with E-state index in [1.807, 2.05) is 12.1 Å². The van der Waals surface area contributed by atoms with Gasteiger partial charge in [-0.1, -0.05) is 15.9 Å². The molecular weight excluding hydrogens is 501 g/mol. The van der Waals surface area contributed by atoms with Crippen molar-refractivity contribution in [1.29, 1.82) is 0 Å². The molecular formula is C17H13BrIN3O3. The van der Waals surface area contributed by atoms with E-state index in [9.17, 15) is 14.4 Å². The van der Waals surface area contributed by atoms with Crippen molar-refractivity contribution in [2.24, 2.45) is 0 Å². The molecule has 6 nitrogen and oxygen atoms in total. The Hall–Kier alpha value is -1.78. The van der Waals surface area contributed by atoms with Gasteiger partial charge in [0.2, 0.25) is 5.91 Å². The number of amides is 3. The quantitative estimate of drug-likeness (QED) is 0.374. The fourth-order valence-corrected chi connectivity index (χ4v) is 3.06. The lowest BCUT2D eigenvalue weighted by atomic mass is 10.2. The maximum Gasteiger partial charge on any atom is 0.265 e. The molecule has 0 radical (unpaired) electrons. The first kappa shape index (κ1) is 18.0. The van der Waals surface area contributed by atoms with Crippen LogP contribution in [-0.2, 0) is 9.59 Å². The van der Waals surface area contributed by atoms with Crippen LogP contribution in [0.4, 0.5) is 5.69 Å². The van der Waals surface area contributed by atoms with E-state index in [-0.39, 0.29) is 18.2 Å². The maximum atomic E-state index is 12.5. The summed E-state index contributed by atoms with van der Waals surface area (Å²) in [4.78, 5) is 37.9. The molecule has 0 aromatic heterocycles. The molecule has 1 aliphatic rings. The fraction of sp³-hybridized carbons (Fsp3) is 0.118. The standard InChI is InChI=1S/C17H13BrIN3O3/c18-11-3-7-13(8-4-11)22-15(23)9-14(17(22)25)20-21-16(24)10-1-5-12(19)6-2-10/h1-8,14,20H,9H2,(H,21,24). The Bertz CT molecular complexity index is 824. The van der Waals surface area contributed by atoms with Crippen molar-refractivity contribution in [1.82, 2.24) is 10.9 Å². The normalized spacial score (nSPS) is 17.0. The van der Waals surface area contributed by atoms with E-state index >= 15 is 0 Å². The first-order chi connectivity index (χ1) is 12.0. The Balaban J connectivity index is 1.65. The second-order valence-corrected chi connectivity index (χ2v) is 7.57. The van der Waals surface area contributed by atoms with Gasteiger partial charge in [-0.05, 0) is 71.1 Å². The van der Waals surface area contributed by atoms with E-state index in [1.54, 1.807) is 36.4 Å². The number of nitrogens with one attached hydrogen (secondary N) is 2. The number of imide groups is 1. The molecule has 0 saturated carbocycles. The zero-order valence-electron chi connectivity index (χ0n) is 12.8. The van der Waals surface area contributed by atoms with Gasteiger partial charge >= 0.3 is 0 Å². The number of hydrazine groups is 1. The fourth-order valence-electron chi connectivity index (χ4n) is 2.43. The molecule has 1 fully saturated rings. The summed E-state index contributed by atoms with van der Waals surface area (Å²) < 4.78 is 1.87. The van der Waals surface area contributed by atoms with Crippen LogP contribution in [0.25, 0.3) is 0 Å². The molecule has 128 valence electrons. The minimum absolute atomic E-state index is 0.0120. The lowest BCUT2D eigenvalue weighted by Crippen LogP contribution is -2.48. The molecule has 3 rings (SSSR count). The third-order valence-electron chi connectivity index (χ3n) is 3.70. The predicted molar refractivity (Wildman–Crippen MR) is 105 cm³/mol. The summed E-state index contributed by atoms with van der Waals surface area (Å²) in [5.74, 6) is -1.07. The van der Waals surface area contributed by atoms with E-state index in [0.717, 1.165) is 12.9 Å². The van der Waals surface area contributed by atoms with Crippen LogP contribution < -0.4 is 15.8 Å². The average molecular weight is 514 g/mol. The molecule has 2 aromatic carbocycles. The molecule has 1 unspecified atom stereocenters. The van der Waals surface area contributed by atoms with Gasteiger partial charge in [0.15, 0.2) is 0 Å². The largest absolute Gasteiger partial charge is 0.287 e. The zero-order valence-corrected chi connectivity index (χ0v) is 16.6. The van der Waals surface area contributed by atoms with Crippen LogP contribution in [0, 0.1) is 3.57 Å². The Labute approximate surface area is 166 Å². The summed E-state index contributed by atoms with van der Waals surface area (Å²) in [5, 5.41) is 0. The van der Waals surface area contributed by atoms with Crippen LogP contribution in [0.15, 0.2) is 53.0 Å². The topological polar surface area (TPSA) is 78.5 Å². The number of nitrogens with zero attached hydrogens (tertiary/aromatic N) is 1. The lowest BCUT2D eigenvalue weighted by Gasteiger charge is -2.16. The van der Waals surface area contributed by atoms with Crippen LogP contribution in [0.5, 0.6) is 0 Å². The van der Waals surface area contributed by atoms with Crippen LogP contribution in [-0.4, -0.2) is 23.8 Å². The van der Waals surface area contributed by atoms with Gasteiger partial charge in [0.25, 0.3) is 11.8 Å². The summed E-state index contributed by atoms with van der Waals surface area (Å²) in [7, 11) is 0. The number of carbonyl (C=O) groups excluding carboxylic acids is 3. The average Bonchev–Trinajstić information content (AvgIpc) is 2.88. The Morgan fingerprint density at radius 3 is 2.36 bits per heavy atom. The van der Waals surface area contributed by atoms with Crippen molar-refractivity contribution < 1.29 is 14.4 Å². The minimum atomic E-state index is -0.788. The lowest BCUT2D eigenvalue weighted by molar-refractivity contribution is -0.121. The van der Waals surface area contributed by atoms with Crippen molar-refractivity contribution in [2.45, 2.75) is 12.5 Å². The molecule has 1 heterocycles. The third kappa shape index (κ3) is 4.07. The second kappa shape index (κ2) is 7.63. The van der Waals surface area contributed by atoms with Crippen molar-refractivity contribution in [3.63, 3.8) is 0 Å². The number of hydrogen-bond donors (Lipinski definition) is 2. The van der Waals surface area contributed by atoms with Crippen molar-refractivity contribution in [2.75, 3.05) is 4.90 Å². The smallest absolute Gasteiger partial charge is 0.265 e. The van der Waals surface area contributed by atoms with Crippen molar-refractivity contribution in [3.8, 4) is 0 Å². The van der Waals surface area contributed by atoms with Gasteiger partial charge in [0.05, 0.1) is 12.1 Å². The van der Waals surface area contributed by atoms with Gasteiger partial charge in [-0.15, -0.1) is 0 Å². The molecule has 8 heteroatoms. The van der Waals surface area contributed by atoms with Gasteiger partial charge in [0.1, 0.15) is 6.04 Å². The van der Waals surface area contributed by atoms with Gasteiger partial charge in [0, 0.05) is 13.6 Å². The van der Waals surface area contributed by atoms with E-state index in [0.29, 0.717) is 11.3 Å². The maximum absolute atomic E-state index is 12.5. The Kier molecular flexibility index (Phi) is 5.50. The molecule has 0 aliphatic carbocycles.